The fourth-order valence-corrected chi connectivity index (χ4v) is 2.55. The Kier molecular flexibility index (Phi) is 5.41. The molecule has 1 amide bonds. The molecular formula is C13H18F2N2O3S. The quantitative estimate of drug-likeness (QED) is 0.899. The lowest BCUT2D eigenvalue weighted by Crippen LogP contribution is -2.38. The summed E-state index contributed by atoms with van der Waals surface area (Å²) in [7, 11) is -4.46. The molecule has 1 aromatic rings. The van der Waals surface area contributed by atoms with Crippen LogP contribution in [0.15, 0.2) is 17.0 Å². The third-order valence-corrected chi connectivity index (χ3v) is 3.80. The molecule has 0 bridgehead atoms. The minimum atomic E-state index is -4.46. The molecule has 1 rings (SSSR count). The zero-order valence-corrected chi connectivity index (χ0v) is 12.9. The number of halogens is 2. The van der Waals surface area contributed by atoms with Gasteiger partial charge in [-0.15, -0.1) is 0 Å². The predicted molar refractivity (Wildman–Crippen MR) is 74.2 cm³/mol. The van der Waals surface area contributed by atoms with Crippen molar-refractivity contribution in [2.24, 2.45) is 5.14 Å². The van der Waals surface area contributed by atoms with Gasteiger partial charge >= 0.3 is 0 Å². The van der Waals surface area contributed by atoms with Gasteiger partial charge in [0.15, 0.2) is 5.82 Å². The molecular weight excluding hydrogens is 302 g/mol. The van der Waals surface area contributed by atoms with E-state index in [1.807, 2.05) is 6.92 Å². The van der Waals surface area contributed by atoms with Gasteiger partial charge in [0, 0.05) is 12.6 Å². The van der Waals surface area contributed by atoms with Gasteiger partial charge in [-0.2, -0.15) is 0 Å². The van der Waals surface area contributed by atoms with E-state index in [9.17, 15) is 22.0 Å². The number of rotatable bonds is 5. The van der Waals surface area contributed by atoms with Crippen molar-refractivity contribution in [3.8, 4) is 0 Å². The van der Waals surface area contributed by atoms with Crippen LogP contribution in [0.25, 0.3) is 0 Å². The van der Waals surface area contributed by atoms with Gasteiger partial charge in [0.2, 0.25) is 10.0 Å². The van der Waals surface area contributed by atoms with Crippen LogP contribution >= 0.6 is 0 Å². The molecule has 0 aliphatic heterocycles. The minimum Gasteiger partial charge on any atom is -0.336 e. The molecule has 0 radical (unpaired) electrons. The Bertz CT molecular complexity index is 645. The number of hydrogen-bond acceptors (Lipinski definition) is 3. The number of benzene rings is 1. The molecule has 0 atom stereocenters. The average molecular weight is 320 g/mol. The summed E-state index contributed by atoms with van der Waals surface area (Å²) in [6, 6.07) is 0.899. The Labute approximate surface area is 122 Å². The summed E-state index contributed by atoms with van der Waals surface area (Å²) in [5, 5.41) is 4.83. The molecule has 0 spiro atoms. The Morgan fingerprint density at radius 3 is 2.33 bits per heavy atom. The van der Waals surface area contributed by atoms with E-state index in [0.717, 1.165) is 0 Å². The Balaban J connectivity index is 3.43. The number of carbonyl (C=O) groups excluding carboxylic acids is 1. The lowest BCUT2D eigenvalue weighted by molar-refractivity contribution is 0.0700. The maximum absolute atomic E-state index is 14.2. The third-order valence-electron chi connectivity index (χ3n) is 2.89. The molecule has 0 saturated heterocycles. The van der Waals surface area contributed by atoms with Crippen LogP contribution in [0.1, 0.15) is 37.6 Å². The second-order valence-corrected chi connectivity index (χ2v) is 6.43. The highest BCUT2D eigenvalue weighted by molar-refractivity contribution is 7.89. The van der Waals surface area contributed by atoms with Gasteiger partial charge in [-0.3, -0.25) is 4.79 Å². The first-order valence-electron chi connectivity index (χ1n) is 6.42. The summed E-state index contributed by atoms with van der Waals surface area (Å²) in [6.07, 6.45) is 0.628. The van der Waals surface area contributed by atoms with Gasteiger partial charge in [-0.1, -0.05) is 6.92 Å². The molecule has 1 aromatic carbocycles. The smallest absolute Gasteiger partial charge is 0.257 e. The first-order valence-corrected chi connectivity index (χ1v) is 7.97. The number of nitrogens with two attached hydrogens (primary N) is 1. The SMILES string of the molecule is CCCN(C(=O)c1cc(F)cc(S(N)(=O)=O)c1F)C(C)C. The first kappa shape index (κ1) is 17.5. The van der Waals surface area contributed by atoms with Gasteiger partial charge < -0.3 is 4.90 Å². The van der Waals surface area contributed by atoms with Crippen LogP contribution in [0.3, 0.4) is 0 Å². The van der Waals surface area contributed by atoms with Crippen LogP contribution in [0.4, 0.5) is 8.78 Å². The van der Waals surface area contributed by atoms with Gasteiger partial charge in [0.05, 0.1) is 5.56 Å². The van der Waals surface area contributed by atoms with Gasteiger partial charge in [0.25, 0.3) is 5.91 Å². The number of primary sulfonamides is 1. The average Bonchev–Trinajstić information content (AvgIpc) is 2.35. The molecule has 21 heavy (non-hydrogen) atoms. The predicted octanol–water partition coefficient (Wildman–Crippen LogP) is 1.87. The fraction of sp³-hybridized carbons (Fsp3) is 0.462. The molecule has 0 aliphatic rings. The van der Waals surface area contributed by atoms with E-state index in [1.54, 1.807) is 13.8 Å². The van der Waals surface area contributed by atoms with E-state index in [1.165, 1.54) is 4.90 Å². The molecule has 118 valence electrons. The summed E-state index contributed by atoms with van der Waals surface area (Å²) < 4.78 is 50.2. The first-order chi connectivity index (χ1) is 9.59. The lowest BCUT2D eigenvalue weighted by Gasteiger charge is -2.26. The summed E-state index contributed by atoms with van der Waals surface area (Å²) in [4.78, 5) is 12.6. The molecule has 2 N–H and O–H groups in total. The van der Waals surface area contributed by atoms with E-state index in [2.05, 4.69) is 0 Å². The van der Waals surface area contributed by atoms with E-state index in [4.69, 9.17) is 5.14 Å². The molecule has 0 heterocycles. The number of sulfonamides is 1. The van der Waals surface area contributed by atoms with Gasteiger partial charge in [-0.25, -0.2) is 22.3 Å². The van der Waals surface area contributed by atoms with E-state index >= 15 is 0 Å². The molecule has 0 saturated carbocycles. The van der Waals surface area contributed by atoms with Crippen molar-refractivity contribution in [3.63, 3.8) is 0 Å². The molecule has 5 nitrogen and oxygen atoms in total. The van der Waals surface area contributed by atoms with Gasteiger partial charge in [0.1, 0.15) is 10.7 Å². The number of carbonyl (C=O) groups is 1. The van der Waals surface area contributed by atoms with Crippen LogP contribution in [0.5, 0.6) is 0 Å². The number of amides is 1. The molecule has 0 aromatic heterocycles. The highest BCUT2D eigenvalue weighted by Crippen LogP contribution is 2.21. The Hall–Kier alpha value is -1.54. The minimum absolute atomic E-state index is 0.238. The normalized spacial score (nSPS) is 11.8. The van der Waals surface area contributed by atoms with Crippen molar-refractivity contribution in [2.45, 2.75) is 38.1 Å². The molecule has 0 unspecified atom stereocenters. The second-order valence-electron chi connectivity index (χ2n) is 4.90. The zero-order valence-electron chi connectivity index (χ0n) is 12.1. The van der Waals surface area contributed by atoms with E-state index in [0.29, 0.717) is 25.1 Å². The standard InChI is InChI=1S/C13H18F2N2O3S/c1-4-5-17(8(2)3)13(18)10-6-9(14)7-11(12(10)15)21(16,19)20/h6-8H,4-5H2,1-3H3,(H2,16,19,20). The number of hydrogen-bond donors (Lipinski definition) is 1. The zero-order chi connectivity index (χ0) is 16.4. The van der Waals surface area contributed by atoms with Crippen molar-refractivity contribution in [1.29, 1.82) is 0 Å². The maximum Gasteiger partial charge on any atom is 0.257 e. The van der Waals surface area contributed by atoms with E-state index in [-0.39, 0.29) is 6.04 Å². The van der Waals surface area contributed by atoms with Gasteiger partial charge in [-0.05, 0) is 32.4 Å². The summed E-state index contributed by atoms with van der Waals surface area (Å²) in [6.45, 7) is 5.63. The van der Waals surface area contributed by atoms with Crippen LogP contribution < -0.4 is 5.14 Å². The largest absolute Gasteiger partial charge is 0.336 e. The van der Waals surface area contributed by atoms with Crippen molar-refractivity contribution in [3.05, 3.63) is 29.3 Å². The molecule has 0 aliphatic carbocycles. The van der Waals surface area contributed by atoms with Crippen molar-refractivity contribution in [2.75, 3.05) is 6.54 Å². The van der Waals surface area contributed by atoms with Crippen molar-refractivity contribution >= 4 is 15.9 Å². The van der Waals surface area contributed by atoms with Crippen molar-refractivity contribution < 1.29 is 22.0 Å². The highest BCUT2D eigenvalue weighted by Gasteiger charge is 2.27. The van der Waals surface area contributed by atoms with Crippen LogP contribution in [0.2, 0.25) is 0 Å². The summed E-state index contributed by atoms with van der Waals surface area (Å²) in [5.41, 5.74) is -0.638. The monoisotopic (exact) mass is 320 g/mol. The topological polar surface area (TPSA) is 80.5 Å². The Morgan fingerprint density at radius 1 is 1.33 bits per heavy atom. The van der Waals surface area contributed by atoms with E-state index < -0.39 is 38.0 Å². The Morgan fingerprint density at radius 2 is 1.90 bits per heavy atom. The number of nitrogens with zero attached hydrogens (tertiary/aromatic N) is 1. The maximum atomic E-state index is 14.2. The van der Waals surface area contributed by atoms with Crippen molar-refractivity contribution in [1.82, 2.24) is 4.90 Å². The molecule has 8 heteroatoms. The third kappa shape index (κ3) is 3.98. The lowest BCUT2D eigenvalue weighted by atomic mass is 10.1. The van der Waals surface area contributed by atoms with Crippen LogP contribution in [-0.2, 0) is 10.0 Å². The summed E-state index contributed by atoms with van der Waals surface area (Å²) in [5.74, 6) is -3.14. The highest BCUT2D eigenvalue weighted by atomic mass is 32.2. The summed E-state index contributed by atoms with van der Waals surface area (Å²) >= 11 is 0. The van der Waals surface area contributed by atoms with Crippen LogP contribution in [-0.4, -0.2) is 31.8 Å². The molecule has 0 fully saturated rings. The second kappa shape index (κ2) is 6.48. The fourth-order valence-electron chi connectivity index (χ4n) is 1.92. The van der Waals surface area contributed by atoms with Crippen LogP contribution in [0, 0.1) is 11.6 Å².